The number of hydrogen-bond acceptors (Lipinski definition) is 4. The van der Waals surface area contributed by atoms with Gasteiger partial charge in [-0.15, -0.1) is 12.4 Å². The van der Waals surface area contributed by atoms with Crippen LogP contribution >= 0.6 is 12.4 Å². The third kappa shape index (κ3) is 8.46. The van der Waals surface area contributed by atoms with E-state index in [0.29, 0.717) is 30.8 Å². The van der Waals surface area contributed by atoms with Crippen molar-refractivity contribution < 1.29 is 14.3 Å². The molecule has 6 heteroatoms. The maximum Gasteiger partial charge on any atom is 0.305 e. The summed E-state index contributed by atoms with van der Waals surface area (Å²) in [6, 6.07) is 8.44. The second kappa shape index (κ2) is 13.1. The fourth-order valence-electron chi connectivity index (χ4n) is 4.58. The van der Waals surface area contributed by atoms with E-state index in [9.17, 15) is 9.59 Å². The highest BCUT2D eigenvalue weighted by atomic mass is 35.5. The van der Waals surface area contributed by atoms with Gasteiger partial charge < -0.3 is 15.4 Å². The van der Waals surface area contributed by atoms with Gasteiger partial charge in [-0.05, 0) is 93.5 Å². The van der Waals surface area contributed by atoms with Gasteiger partial charge in [-0.2, -0.15) is 0 Å². The molecular weight excluding hydrogens is 412 g/mol. The van der Waals surface area contributed by atoms with Crippen LogP contribution in [-0.4, -0.2) is 37.6 Å². The van der Waals surface area contributed by atoms with E-state index in [1.165, 1.54) is 18.4 Å². The van der Waals surface area contributed by atoms with Crippen molar-refractivity contribution in [3.8, 4) is 0 Å². The molecular formula is C25H39ClN2O3. The molecule has 0 bridgehead atoms. The normalized spacial score (nSPS) is 21.9. The Balaban J connectivity index is 0.00000341. The van der Waals surface area contributed by atoms with E-state index in [4.69, 9.17) is 4.74 Å². The zero-order valence-electron chi connectivity index (χ0n) is 19.0. The molecule has 2 aliphatic rings. The summed E-state index contributed by atoms with van der Waals surface area (Å²) < 4.78 is 5.27. The van der Waals surface area contributed by atoms with Crippen LogP contribution in [0.25, 0.3) is 0 Å². The SMILES string of the molecule is CC(C)COC(=O)CCC1CCC(NC(=O)c2ccc(C3CCNCC3)cc2)CC1.Cl. The van der Waals surface area contributed by atoms with E-state index in [2.05, 4.69) is 22.8 Å². The smallest absolute Gasteiger partial charge is 0.305 e. The average Bonchev–Trinajstić information content (AvgIpc) is 2.78. The molecule has 1 saturated carbocycles. The van der Waals surface area contributed by atoms with Gasteiger partial charge in [0.15, 0.2) is 0 Å². The van der Waals surface area contributed by atoms with Gasteiger partial charge in [-0.1, -0.05) is 26.0 Å². The number of halogens is 1. The molecule has 2 N–H and O–H groups in total. The topological polar surface area (TPSA) is 67.4 Å². The van der Waals surface area contributed by atoms with Crippen molar-refractivity contribution in [2.75, 3.05) is 19.7 Å². The molecule has 1 aromatic rings. The number of nitrogens with one attached hydrogen (secondary N) is 2. The number of carbonyl (C=O) groups is 2. The summed E-state index contributed by atoms with van der Waals surface area (Å²) in [5.74, 6) is 1.52. The minimum Gasteiger partial charge on any atom is -0.465 e. The van der Waals surface area contributed by atoms with Gasteiger partial charge in [0.2, 0.25) is 0 Å². The molecule has 0 atom stereocenters. The second-order valence-corrected chi connectivity index (χ2v) is 9.45. The van der Waals surface area contributed by atoms with Crippen LogP contribution < -0.4 is 10.6 Å². The highest BCUT2D eigenvalue weighted by molar-refractivity contribution is 5.94. The highest BCUT2D eigenvalue weighted by Gasteiger charge is 2.24. The van der Waals surface area contributed by atoms with Crippen LogP contribution in [0.15, 0.2) is 24.3 Å². The maximum absolute atomic E-state index is 12.6. The standard InChI is InChI=1S/C25H38N2O3.ClH/c1-18(2)17-30-24(28)12-5-19-3-10-23(11-4-19)27-25(29)22-8-6-20(7-9-22)21-13-15-26-16-14-21;/h6-9,18-19,21,23,26H,3-5,10-17H2,1-2H3,(H,27,29);1H. The van der Waals surface area contributed by atoms with E-state index in [0.717, 1.165) is 50.8 Å². The number of amides is 1. The van der Waals surface area contributed by atoms with Crippen molar-refractivity contribution >= 4 is 24.3 Å². The quantitative estimate of drug-likeness (QED) is 0.556. The highest BCUT2D eigenvalue weighted by Crippen LogP contribution is 2.29. The van der Waals surface area contributed by atoms with Crippen LogP contribution in [0.3, 0.4) is 0 Å². The van der Waals surface area contributed by atoms with Gasteiger partial charge in [0.05, 0.1) is 6.61 Å². The lowest BCUT2D eigenvalue weighted by Gasteiger charge is -2.29. The zero-order chi connectivity index (χ0) is 21.3. The monoisotopic (exact) mass is 450 g/mol. The van der Waals surface area contributed by atoms with Crippen molar-refractivity contribution in [2.24, 2.45) is 11.8 Å². The van der Waals surface area contributed by atoms with Crippen molar-refractivity contribution in [3.63, 3.8) is 0 Å². The predicted molar refractivity (Wildman–Crippen MR) is 127 cm³/mol. The first-order chi connectivity index (χ1) is 14.5. The Kier molecular flexibility index (Phi) is 10.8. The number of benzene rings is 1. The number of ether oxygens (including phenoxy) is 1. The number of carbonyl (C=O) groups excluding carboxylic acids is 2. The average molecular weight is 451 g/mol. The number of hydrogen-bond donors (Lipinski definition) is 2. The minimum absolute atomic E-state index is 0. The Morgan fingerprint density at radius 3 is 2.29 bits per heavy atom. The van der Waals surface area contributed by atoms with E-state index in [-0.39, 0.29) is 30.3 Å². The fraction of sp³-hybridized carbons (Fsp3) is 0.680. The molecule has 1 saturated heterocycles. The van der Waals surface area contributed by atoms with Gasteiger partial charge in [0.25, 0.3) is 5.91 Å². The van der Waals surface area contributed by atoms with Crippen LogP contribution in [0, 0.1) is 11.8 Å². The van der Waals surface area contributed by atoms with E-state index in [1.807, 2.05) is 26.0 Å². The molecule has 1 aromatic carbocycles. The molecule has 1 aliphatic heterocycles. The summed E-state index contributed by atoms with van der Waals surface area (Å²) >= 11 is 0. The first kappa shape index (κ1) is 25.7. The van der Waals surface area contributed by atoms with Gasteiger partial charge in [0.1, 0.15) is 0 Å². The number of rotatable bonds is 8. The number of piperidine rings is 1. The molecule has 0 radical (unpaired) electrons. The molecule has 0 aromatic heterocycles. The van der Waals surface area contributed by atoms with E-state index < -0.39 is 0 Å². The van der Waals surface area contributed by atoms with Gasteiger partial charge in [0, 0.05) is 18.0 Å². The van der Waals surface area contributed by atoms with Gasteiger partial charge >= 0.3 is 5.97 Å². The van der Waals surface area contributed by atoms with Gasteiger partial charge in [-0.25, -0.2) is 0 Å². The molecule has 5 nitrogen and oxygen atoms in total. The van der Waals surface area contributed by atoms with Crippen molar-refractivity contribution in [3.05, 3.63) is 35.4 Å². The van der Waals surface area contributed by atoms with E-state index >= 15 is 0 Å². The summed E-state index contributed by atoms with van der Waals surface area (Å²) in [5.41, 5.74) is 2.10. The zero-order valence-corrected chi connectivity index (χ0v) is 19.8. The van der Waals surface area contributed by atoms with Crippen LogP contribution in [0.2, 0.25) is 0 Å². The first-order valence-corrected chi connectivity index (χ1v) is 11.8. The molecule has 3 rings (SSSR count). The van der Waals surface area contributed by atoms with Crippen LogP contribution in [0.4, 0.5) is 0 Å². The molecule has 0 unspecified atom stereocenters. The molecule has 174 valence electrons. The molecule has 1 aliphatic carbocycles. The third-order valence-electron chi connectivity index (χ3n) is 6.50. The molecule has 31 heavy (non-hydrogen) atoms. The van der Waals surface area contributed by atoms with Crippen molar-refractivity contribution in [1.82, 2.24) is 10.6 Å². The van der Waals surface area contributed by atoms with Crippen LogP contribution in [0.1, 0.15) is 87.1 Å². The van der Waals surface area contributed by atoms with Gasteiger partial charge in [-0.3, -0.25) is 9.59 Å². The summed E-state index contributed by atoms with van der Waals surface area (Å²) in [6.07, 6.45) is 7.87. The summed E-state index contributed by atoms with van der Waals surface area (Å²) in [5, 5.41) is 6.61. The largest absolute Gasteiger partial charge is 0.465 e. The van der Waals surface area contributed by atoms with E-state index in [1.54, 1.807) is 0 Å². The Bertz CT molecular complexity index is 679. The Morgan fingerprint density at radius 2 is 1.68 bits per heavy atom. The fourth-order valence-corrected chi connectivity index (χ4v) is 4.58. The third-order valence-corrected chi connectivity index (χ3v) is 6.50. The first-order valence-electron chi connectivity index (χ1n) is 11.8. The lowest BCUT2D eigenvalue weighted by Crippen LogP contribution is -2.37. The Labute approximate surface area is 193 Å². The molecule has 1 amide bonds. The molecule has 2 fully saturated rings. The Hall–Kier alpha value is -1.59. The Morgan fingerprint density at radius 1 is 1.03 bits per heavy atom. The predicted octanol–water partition coefficient (Wildman–Crippen LogP) is 4.84. The summed E-state index contributed by atoms with van der Waals surface area (Å²) in [4.78, 5) is 24.4. The minimum atomic E-state index is -0.0768. The second-order valence-electron chi connectivity index (χ2n) is 9.45. The van der Waals surface area contributed by atoms with Crippen molar-refractivity contribution in [1.29, 1.82) is 0 Å². The lowest BCUT2D eigenvalue weighted by atomic mass is 9.83. The lowest BCUT2D eigenvalue weighted by molar-refractivity contribution is -0.145. The van der Waals surface area contributed by atoms with Crippen LogP contribution in [0.5, 0.6) is 0 Å². The number of esters is 1. The summed E-state index contributed by atoms with van der Waals surface area (Å²) in [7, 11) is 0. The molecule has 1 heterocycles. The summed E-state index contributed by atoms with van der Waals surface area (Å²) in [6.45, 7) is 6.76. The maximum atomic E-state index is 12.6. The van der Waals surface area contributed by atoms with Crippen molar-refractivity contribution in [2.45, 2.75) is 77.2 Å². The molecule has 0 spiro atoms. The van der Waals surface area contributed by atoms with Crippen LogP contribution in [-0.2, 0) is 9.53 Å².